The highest BCUT2D eigenvalue weighted by atomic mass is 16.1. The van der Waals surface area contributed by atoms with E-state index in [0.717, 1.165) is 0 Å². The average Bonchev–Trinajstić information content (AvgIpc) is 1.68. The Kier molecular flexibility index (Phi) is 9.12. The molecule has 0 aliphatic carbocycles. The molecule has 0 atom stereocenters. The fourth-order valence-electron chi connectivity index (χ4n) is 0.351. The fourth-order valence-corrected chi connectivity index (χ4v) is 0.351. The molecule has 0 N–H and O–H groups in total. The summed E-state index contributed by atoms with van der Waals surface area (Å²) in [5.41, 5.74) is 0. The maximum absolute atomic E-state index is 10.0. The summed E-state index contributed by atoms with van der Waals surface area (Å²) >= 11 is 0. The molecule has 0 heterocycles. The van der Waals surface area contributed by atoms with E-state index in [2.05, 4.69) is 0 Å². The van der Waals surface area contributed by atoms with Crippen LogP contribution < -0.4 is 0 Å². The van der Waals surface area contributed by atoms with Crippen molar-refractivity contribution < 1.29 is 9.59 Å². The van der Waals surface area contributed by atoms with Crippen LogP contribution in [0.1, 0.15) is 34.1 Å². The Bertz CT molecular complexity index is 83.1. The Hall–Kier alpha value is -0.660. The highest BCUT2D eigenvalue weighted by Crippen LogP contribution is 1.80. The molecule has 9 heavy (non-hydrogen) atoms. The first-order valence-electron chi connectivity index (χ1n) is 3.12. The van der Waals surface area contributed by atoms with E-state index in [9.17, 15) is 9.59 Å². The quantitative estimate of drug-likeness (QED) is 0.532. The molecule has 0 saturated carbocycles. The van der Waals surface area contributed by atoms with E-state index in [1.165, 1.54) is 13.8 Å². The molecule has 54 valence electrons. The summed E-state index contributed by atoms with van der Waals surface area (Å²) in [5.74, 6) is -0.125. The zero-order valence-electron chi connectivity index (χ0n) is 6.52. The van der Waals surface area contributed by atoms with E-state index in [4.69, 9.17) is 0 Å². The molecule has 0 aromatic carbocycles. The Morgan fingerprint density at radius 2 is 1.22 bits per heavy atom. The van der Waals surface area contributed by atoms with Crippen molar-refractivity contribution in [2.45, 2.75) is 34.1 Å². The molecule has 2 nitrogen and oxygen atoms in total. The molecule has 0 unspecified atom stereocenters. The van der Waals surface area contributed by atoms with E-state index in [-0.39, 0.29) is 18.0 Å². The van der Waals surface area contributed by atoms with Crippen LogP contribution in [0.2, 0.25) is 0 Å². The van der Waals surface area contributed by atoms with E-state index < -0.39 is 0 Å². The van der Waals surface area contributed by atoms with Crippen LogP contribution in [-0.4, -0.2) is 11.6 Å². The molecule has 0 fully saturated rings. The van der Waals surface area contributed by atoms with Crippen LogP contribution in [0.3, 0.4) is 0 Å². The van der Waals surface area contributed by atoms with Crippen LogP contribution in [0.15, 0.2) is 0 Å². The topological polar surface area (TPSA) is 34.1 Å². The summed E-state index contributed by atoms with van der Waals surface area (Å²) in [6.07, 6.45) is 0.0833. The highest BCUT2D eigenvalue weighted by molar-refractivity contribution is 5.96. The van der Waals surface area contributed by atoms with Crippen molar-refractivity contribution in [2.24, 2.45) is 0 Å². The lowest BCUT2D eigenvalue weighted by Gasteiger charge is -1.81. The molecule has 0 radical (unpaired) electrons. The zero-order chi connectivity index (χ0) is 7.86. The van der Waals surface area contributed by atoms with Gasteiger partial charge in [-0.2, -0.15) is 0 Å². The number of rotatable bonds is 2. The van der Waals surface area contributed by atoms with Gasteiger partial charge in [-0.25, -0.2) is 0 Å². The standard InChI is InChI=1S/C5H8O2.C2H6/c1-4(6)3-5(2)7;1-2/h3H2,1-2H3;1-2H3. The summed E-state index contributed by atoms with van der Waals surface area (Å²) in [6.45, 7) is 6.81. The van der Waals surface area contributed by atoms with Gasteiger partial charge in [0.2, 0.25) is 0 Å². The van der Waals surface area contributed by atoms with Crippen LogP contribution in [0, 0.1) is 0 Å². The molecule has 0 spiro atoms. The first-order valence-corrected chi connectivity index (χ1v) is 3.12. The smallest absolute Gasteiger partial charge is 0.137 e. The van der Waals surface area contributed by atoms with Crippen molar-refractivity contribution in [1.82, 2.24) is 0 Å². The fraction of sp³-hybridized carbons (Fsp3) is 0.714. The molecular weight excluding hydrogens is 116 g/mol. The number of hydrogen-bond acceptors (Lipinski definition) is 2. The third kappa shape index (κ3) is 18.8. The molecule has 0 aromatic rings. The minimum Gasteiger partial charge on any atom is -0.300 e. The highest BCUT2D eigenvalue weighted by Gasteiger charge is 1.94. The maximum Gasteiger partial charge on any atom is 0.137 e. The molecule has 0 aromatic heterocycles. The van der Waals surface area contributed by atoms with Crippen molar-refractivity contribution in [2.75, 3.05) is 0 Å². The summed E-state index contributed by atoms with van der Waals surface area (Å²) < 4.78 is 0. The van der Waals surface area contributed by atoms with Crippen molar-refractivity contribution in [3.8, 4) is 0 Å². The SMILES string of the molecule is CC.CC(=O)CC(C)=O. The number of hydrogen-bond donors (Lipinski definition) is 0. The zero-order valence-corrected chi connectivity index (χ0v) is 6.52. The number of carbonyl (C=O) groups is 2. The van der Waals surface area contributed by atoms with Crippen LogP contribution in [-0.2, 0) is 9.59 Å². The van der Waals surface area contributed by atoms with Gasteiger partial charge >= 0.3 is 0 Å². The lowest BCUT2D eigenvalue weighted by Crippen LogP contribution is -1.97. The van der Waals surface area contributed by atoms with E-state index in [1.54, 1.807) is 0 Å². The lowest BCUT2D eigenvalue weighted by molar-refractivity contribution is -0.124. The van der Waals surface area contributed by atoms with Crippen molar-refractivity contribution >= 4 is 11.6 Å². The van der Waals surface area contributed by atoms with E-state index in [0.29, 0.717) is 0 Å². The largest absolute Gasteiger partial charge is 0.300 e. The third-order valence-corrected chi connectivity index (χ3v) is 0.498. The molecular formula is C7H14O2. The Labute approximate surface area is 56.3 Å². The van der Waals surface area contributed by atoms with Gasteiger partial charge in [0.25, 0.3) is 0 Å². The number of Topliss-reactive ketones (excluding diaryl/α,β-unsaturated/α-hetero) is 2. The van der Waals surface area contributed by atoms with E-state index in [1.807, 2.05) is 13.8 Å². The summed E-state index contributed by atoms with van der Waals surface area (Å²) in [6, 6.07) is 0. The van der Waals surface area contributed by atoms with Gasteiger partial charge in [-0.05, 0) is 13.8 Å². The summed E-state index contributed by atoms with van der Waals surface area (Å²) in [5, 5.41) is 0. The van der Waals surface area contributed by atoms with Crippen LogP contribution in [0.25, 0.3) is 0 Å². The van der Waals surface area contributed by atoms with Gasteiger partial charge in [0, 0.05) is 0 Å². The summed E-state index contributed by atoms with van der Waals surface area (Å²) in [7, 11) is 0. The lowest BCUT2D eigenvalue weighted by atomic mass is 10.2. The minimum atomic E-state index is -0.0625. The second-order valence-electron chi connectivity index (χ2n) is 1.58. The van der Waals surface area contributed by atoms with E-state index >= 15 is 0 Å². The van der Waals surface area contributed by atoms with Gasteiger partial charge in [-0.1, -0.05) is 13.8 Å². The van der Waals surface area contributed by atoms with Crippen LogP contribution in [0.4, 0.5) is 0 Å². The Morgan fingerprint density at radius 1 is 1.00 bits per heavy atom. The number of carbonyl (C=O) groups excluding carboxylic acids is 2. The van der Waals surface area contributed by atoms with Gasteiger partial charge in [0.1, 0.15) is 11.6 Å². The maximum atomic E-state index is 10.0. The van der Waals surface area contributed by atoms with Crippen LogP contribution >= 0.6 is 0 Å². The van der Waals surface area contributed by atoms with Gasteiger partial charge in [0.05, 0.1) is 6.42 Å². The van der Waals surface area contributed by atoms with Crippen molar-refractivity contribution in [3.05, 3.63) is 0 Å². The van der Waals surface area contributed by atoms with Gasteiger partial charge < -0.3 is 0 Å². The molecule has 0 bridgehead atoms. The monoisotopic (exact) mass is 130 g/mol. The molecule has 2 heteroatoms. The molecule has 0 aliphatic rings. The van der Waals surface area contributed by atoms with Crippen LogP contribution in [0.5, 0.6) is 0 Å². The van der Waals surface area contributed by atoms with Crippen molar-refractivity contribution in [1.29, 1.82) is 0 Å². The van der Waals surface area contributed by atoms with Gasteiger partial charge in [-0.3, -0.25) is 9.59 Å². The summed E-state index contributed by atoms with van der Waals surface area (Å²) in [4.78, 5) is 20.1. The van der Waals surface area contributed by atoms with Crippen molar-refractivity contribution in [3.63, 3.8) is 0 Å². The Morgan fingerprint density at radius 3 is 1.22 bits per heavy atom. The van der Waals surface area contributed by atoms with Gasteiger partial charge in [-0.15, -0.1) is 0 Å². The molecule has 0 saturated heterocycles. The molecule has 0 amide bonds. The minimum absolute atomic E-state index is 0.0625. The first kappa shape index (κ1) is 11.2. The Balaban J connectivity index is 0. The average molecular weight is 130 g/mol. The van der Waals surface area contributed by atoms with Gasteiger partial charge in [0.15, 0.2) is 0 Å². The molecule has 0 aliphatic heterocycles. The number of ketones is 2. The predicted molar refractivity (Wildman–Crippen MR) is 37.3 cm³/mol. The first-order chi connectivity index (χ1) is 4.13. The predicted octanol–water partition coefficient (Wildman–Crippen LogP) is 1.58. The molecule has 0 rings (SSSR count). The second kappa shape index (κ2) is 7.34. The normalized spacial score (nSPS) is 7.11. The second-order valence-corrected chi connectivity index (χ2v) is 1.58. The third-order valence-electron chi connectivity index (χ3n) is 0.498.